The molecule has 2 fully saturated rings. The summed E-state index contributed by atoms with van der Waals surface area (Å²) in [5, 5.41) is 0. The summed E-state index contributed by atoms with van der Waals surface area (Å²) in [6.45, 7) is 10.5. The van der Waals surface area contributed by atoms with E-state index >= 15 is 0 Å². The second-order valence-electron chi connectivity index (χ2n) is 6.72. The van der Waals surface area contributed by atoms with Crippen LogP contribution in [0, 0.1) is 0 Å². The summed E-state index contributed by atoms with van der Waals surface area (Å²) in [6.07, 6.45) is 4.40. The lowest BCUT2D eigenvalue weighted by atomic mass is 9.84. The molecule has 2 aliphatic heterocycles. The third-order valence-electron chi connectivity index (χ3n) is 4.73. The Morgan fingerprint density at radius 1 is 1.10 bits per heavy atom. The van der Waals surface area contributed by atoms with Gasteiger partial charge in [0.25, 0.3) is 0 Å². The molecule has 3 heterocycles. The van der Waals surface area contributed by atoms with Crippen LogP contribution in [0.5, 0.6) is 0 Å². The number of hydrogen-bond donors (Lipinski definition) is 0. The molecule has 0 amide bonds. The molecule has 0 aliphatic carbocycles. The molecule has 1 aromatic rings. The van der Waals surface area contributed by atoms with Gasteiger partial charge in [-0.05, 0) is 52.7 Å². The van der Waals surface area contributed by atoms with Crippen molar-refractivity contribution < 1.29 is 9.31 Å². The summed E-state index contributed by atoms with van der Waals surface area (Å²) in [4.78, 5) is 6.85. The van der Waals surface area contributed by atoms with Gasteiger partial charge in [0.1, 0.15) is 0 Å². The molecule has 0 bridgehead atoms. The third kappa shape index (κ3) is 2.33. The van der Waals surface area contributed by atoms with Crippen molar-refractivity contribution in [2.45, 2.75) is 51.7 Å². The Morgan fingerprint density at radius 3 is 2.30 bits per heavy atom. The number of aromatic nitrogens is 1. The molecule has 0 N–H and O–H groups in total. The summed E-state index contributed by atoms with van der Waals surface area (Å²) in [5.74, 6) is 0. The Hall–Kier alpha value is -1.07. The van der Waals surface area contributed by atoms with E-state index in [1.165, 1.54) is 18.5 Å². The Labute approximate surface area is 121 Å². The SMILES string of the molecule is CC1(C)OB(c2cc(N3CCCC3)ccn2)OC1(C)C. The number of hydrogen-bond acceptors (Lipinski definition) is 4. The van der Waals surface area contributed by atoms with E-state index in [0.29, 0.717) is 0 Å². The largest absolute Gasteiger partial charge is 0.514 e. The zero-order valence-corrected chi connectivity index (χ0v) is 12.8. The summed E-state index contributed by atoms with van der Waals surface area (Å²) < 4.78 is 12.1. The van der Waals surface area contributed by atoms with Crippen molar-refractivity contribution in [2.24, 2.45) is 0 Å². The Kier molecular flexibility index (Phi) is 3.29. The normalized spacial score (nSPS) is 24.4. The van der Waals surface area contributed by atoms with Gasteiger partial charge in [0, 0.05) is 25.0 Å². The minimum Gasteiger partial charge on any atom is -0.398 e. The van der Waals surface area contributed by atoms with Crippen molar-refractivity contribution in [3.63, 3.8) is 0 Å². The van der Waals surface area contributed by atoms with Gasteiger partial charge in [-0.3, -0.25) is 4.98 Å². The van der Waals surface area contributed by atoms with E-state index in [-0.39, 0.29) is 18.3 Å². The Balaban J connectivity index is 1.83. The molecule has 108 valence electrons. The predicted molar refractivity (Wildman–Crippen MR) is 81.4 cm³/mol. The molecule has 1 aromatic heterocycles. The summed E-state index contributed by atoms with van der Waals surface area (Å²) in [6, 6.07) is 4.17. The van der Waals surface area contributed by atoms with Crippen LogP contribution < -0.4 is 10.5 Å². The van der Waals surface area contributed by atoms with Crippen molar-refractivity contribution in [3.8, 4) is 0 Å². The molecule has 0 saturated carbocycles. The van der Waals surface area contributed by atoms with Gasteiger partial charge in [-0.15, -0.1) is 0 Å². The lowest BCUT2D eigenvalue weighted by molar-refractivity contribution is 0.00578. The van der Waals surface area contributed by atoms with Crippen molar-refractivity contribution in [3.05, 3.63) is 18.3 Å². The van der Waals surface area contributed by atoms with Gasteiger partial charge in [0.05, 0.1) is 16.8 Å². The molecule has 3 rings (SSSR count). The van der Waals surface area contributed by atoms with E-state index in [1.807, 2.05) is 6.20 Å². The highest BCUT2D eigenvalue weighted by Gasteiger charge is 2.52. The van der Waals surface area contributed by atoms with Gasteiger partial charge in [-0.2, -0.15) is 0 Å². The van der Waals surface area contributed by atoms with E-state index in [9.17, 15) is 0 Å². The van der Waals surface area contributed by atoms with Crippen LogP contribution in [0.1, 0.15) is 40.5 Å². The first-order valence-electron chi connectivity index (χ1n) is 7.46. The predicted octanol–water partition coefficient (Wildman–Crippen LogP) is 1.98. The van der Waals surface area contributed by atoms with Gasteiger partial charge in [0.2, 0.25) is 0 Å². The number of anilines is 1. The molecule has 5 heteroatoms. The van der Waals surface area contributed by atoms with E-state index in [4.69, 9.17) is 9.31 Å². The third-order valence-corrected chi connectivity index (χ3v) is 4.73. The Morgan fingerprint density at radius 2 is 1.70 bits per heavy atom. The minimum absolute atomic E-state index is 0.316. The highest BCUT2D eigenvalue weighted by molar-refractivity contribution is 6.61. The zero-order valence-electron chi connectivity index (χ0n) is 12.8. The smallest absolute Gasteiger partial charge is 0.398 e. The van der Waals surface area contributed by atoms with Gasteiger partial charge >= 0.3 is 7.12 Å². The molecular weight excluding hydrogens is 251 g/mol. The summed E-state index contributed by atoms with van der Waals surface area (Å²) >= 11 is 0. The fourth-order valence-electron chi connectivity index (χ4n) is 2.70. The van der Waals surface area contributed by atoms with Gasteiger partial charge in [-0.1, -0.05) is 0 Å². The van der Waals surface area contributed by atoms with Crippen LogP contribution in [0.15, 0.2) is 18.3 Å². The fourth-order valence-corrected chi connectivity index (χ4v) is 2.70. The van der Waals surface area contributed by atoms with Crippen LogP contribution in [0.25, 0.3) is 0 Å². The number of pyridine rings is 1. The first-order valence-corrected chi connectivity index (χ1v) is 7.46. The first kappa shape index (κ1) is 13.9. The van der Waals surface area contributed by atoms with Crippen molar-refractivity contribution in [1.82, 2.24) is 4.98 Å². The molecule has 0 unspecified atom stereocenters. The average Bonchev–Trinajstić information content (AvgIpc) is 2.97. The first-order chi connectivity index (χ1) is 9.39. The maximum atomic E-state index is 6.06. The number of nitrogens with zero attached hydrogens (tertiary/aromatic N) is 2. The molecule has 2 aliphatic rings. The topological polar surface area (TPSA) is 34.6 Å². The molecule has 4 nitrogen and oxygen atoms in total. The van der Waals surface area contributed by atoms with Gasteiger partial charge in [0.15, 0.2) is 0 Å². The average molecular weight is 274 g/mol. The van der Waals surface area contributed by atoms with Crippen molar-refractivity contribution >= 4 is 18.4 Å². The van der Waals surface area contributed by atoms with E-state index in [2.05, 4.69) is 49.7 Å². The highest BCUT2D eigenvalue weighted by atomic mass is 16.7. The molecular formula is C15H23BN2O2. The van der Waals surface area contributed by atoms with Gasteiger partial charge in [-0.25, -0.2) is 0 Å². The lowest BCUT2D eigenvalue weighted by Crippen LogP contribution is -2.41. The molecule has 0 aromatic carbocycles. The van der Waals surface area contributed by atoms with Crippen LogP contribution in [0.3, 0.4) is 0 Å². The standard InChI is InChI=1S/C15H23BN2O2/c1-14(2)15(3,4)20-16(19-14)13-11-12(7-8-17-13)18-9-5-6-10-18/h7-8,11H,5-6,9-10H2,1-4H3. The maximum Gasteiger partial charge on any atom is 0.514 e. The zero-order chi connectivity index (χ0) is 14.4. The van der Waals surface area contributed by atoms with Crippen molar-refractivity contribution in [2.75, 3.05) is 18.0 Å². The quantitative estimate of drug-likeness (QED) is 0.772. The van der Waals surface area contributed by atoms with Crippen LogP contribution in [0.4, 0.5) is 5.69 Å². The number of rotatable bonds is 2. The van der Waals surface area contributed by atoms with Crippen LogP contribution in [-0.2, 0) is 9.31 Å². The van der Waals surface area contributed by atoms with Crippen LogP contribution >= 0.6 is 0 Å². The molecule has 0 radical (unpaired) electrons. The second kappa shape index (κ2) is 4.74. The molecule has 20 heavy (non-hydrogen) atoms. The van der Waals surface area contributed by atoms with E-state index < -0.39 is 0 Å². The second-order valence-corrected chi connectivity index (χ2v) is 6.72. The van der Waals surface area contributed by atoms with E-state index in [0.717, 1.165) is 18.7 Å². The molecule has 0 atom stereocenters. The Bertz CT molecular complexity index is 482. The molecule has 2 saturated heterocycles. The fraction of sp³-hybridized carbons (Fsp3) is 0.667. The minimum atomic E-state index is -0.373. The van der Waals surface area contributed by atoms with Crippen molar-refractivity contribution in [1.29, 1.82) is 0 Å². The maximum absolute atomic E-state index is 6.06. The van der Waals surface area contributed by atoms with E-state index in [1.54, 1.807) is 0 Å². The van der Waals surface area contributed by atoms with Crippen LogP contribution in [-0.4, -0.2) is 36.4 Å². The van der Waals surface area contributed by atoms with Gasteiger partial charge < -0.3 is 14.2 Å². The van der Waals surface area contributed by atoms with Crippen LogP contribution in [0.2, 0.25) is 0 Å². The summed E-state index contributed by atoms with van der Waals surface area (Å²) in [5.41, 5.74) is 1.46. The lowest BCUT2D eigenvalue weighted by Gasteiger charge is -2.32. The molecule has 0 spiro atoms. The monoisotopic (exact) mass is 274 g/mol. The highest BCUT2D eigenvalue weighted by Crippen LogP contribution is 2.36. The summed E-state index contributed by atoms with van der Waals surface area (Å²) in [7, 11) is -0.373.